The molecule has 378 valence electrons. The molecular formula is C76H54N4. The summed E-state index contributed by atoms with van der Waals surface area (Å²) in [7, 11) is 0. The summed E-state index contributed by atoms with van der Waals surface area (Å²) in [6.07, 6.45) is 4.73. The fourth-order valence-electron chi connectivity index (χ4n) is 11.8. The number of hydrogen-bond acceptors (Lipinski definition) is 3. The predicted molar refractivity (Wildman–Crippen MR) is 333 cm³/mol. The van der Waals surface area contributed by atoms with Crippen LogP contribution in [-0.2, 0) is 0 Å². The molecule has 0 radical (unpaired) electrons. The Kier molecular flexibility index (Phi) is 12.6. The van der Waals surface area contributed by atoms with Crippen molar-refractivity contribution in [2.75, 3.05) is 0 Å². The minimum absolute atomic E-state index is 0.0377. The molecule has 13 aromatic rings. The maximum Gasteiger partial charge on any atom is 0.164 e. The zero-order valence-electron chi connectivity index (χ0n) is 44.2. The Balaban J connectivity index is 1.03. The van der Waals surface area contributed by atoms with Gasteiger partial charge in [-0.1, -0.05) is 262 Å². The highest BCUT2D eigenvalue weighted by molar-refractivity contribution is 6.13. The highest BCUT2D eigenvalue weighted by Crippen LogP contribution is 2.47. The van der Waals surface area contributed by atoms with Gasteiger partial charge >= 0.3 is 0 Å². The Hall–Kier alpha value is -10.3. The molecule has 0 bridgehead atoms. The van der Waals surface area contributed by atoms with Crippen molar-refractivity contribution in [2.45, 2.75) is 12.8 Å². The fourth-order valence-corrected chi connectivity index (χ4v) is 11.8. The van der Waals surface area contributed by atoms with E-state index in [2.05, 4.69) is 309 Å². The van der Waals surface area contributed by atoms with Gasteiger partial charge in [-0.25, -0.2) is 15.0 Å². The first-order valence-corrected chi connectivity index (χ1v) is 27.5. The highest BCUT2D eigenvalue weighted by atomic mass is 15.0. The van der Waals surface area contributed by atoms with Gasteiger partial charge in [-0.3, -0.25) is 0 Å². The first-order valence-electron chi connectivity index (χ1n) is 27.5. The third-order valence-corrected chi connectivity index (χ3v) is 15.9. The van der Waals surface area contributed by atoms with Gasteiger partial charge in [0.15, 0.2) is 17.5 Å². The molecule has 0 N–H and O–H groups in total. The first-order chi connectivity index (χ1) is 39.6. The van der Waals surface area contributed by atoms with Crippen LogP contribution in [0.5, 0.6) is 0 Å². The molecule has 1 aliphatic rings. The number of fused-ring (bicyclic) bond motifs is 3. The molecule has 0 fully saturated rings. The van der Waals surface area contributed by atoms with E-state index in [0.717, 1.165) is 77.9 Å². The third kappa shape index (κ3) is 9.13. The average molecular weight is 1020 g/mol. The van der Waals surface area contributed by atoms with Crippen molar-refractivity contribution in [3.63, 3.8) is 0 Å². The summed E-state index contributed by atoms with van der Waals surface area (Å²) >= 11 is 0. The minimum atomic E-state index is 0.0377. The van der Waals surface area contributed by atoms with Crippen LogP contribution in [0.15, 0.2) is 297 Å². The Bertz CT molecular complexity index is 4260. The molecule has 2 unspecified atom stereocenters. The highest BCUT2D eigenvalue weighted by Gasteiger charge is 2.30. The third-order valence-electron chi connectivity index (χ3n) is 15.9. The summed E-state index contributed by atoms with van der Waals surface area (Å²) in [4.78, 5) is 16.6. The van der Waals surface area contributed by atoms with E-state index in [9.17, 15) is 0 Å². The molecule has 14 rings (SSSR count). The molecule has 2 aromatic heterocycles. The van der Waals surface area contributed by atoms with Crippen LogP contribution in [0.4, 0.5) is 0 Å². The molecule has 11 aromatic carbocycles. The normalized spacial score (nSPS) is 14.2. The van der Waals surface area contributed by atoms with Crippen LogP contribution in [0.25, 0.3) is 117 Å². The van der Waals surface area contributed by atoms with Gasteiger partial charge in [-0.2, -0.15) is 0 Å². The Labute approximate surface area is 467 Å². The Morgan fingerprint density at radius 3 is 1.15 bits per heavy atom. The van der Waals surface area contributed by atoms with Gasteiger partial charge < -0.3 is 4.57 Å². The summed E-state index contributed by atoms with van der Waals surface area (Å²) in [6.45, 7) is 2.31. The second kappa shape index (κ2) is 20.9. The number of hydrogen-bond donors (Lipinski definition) is 0. The SMILES string of the molecule is CC1C(c2nc(-c3ccc(-c4ccccc4)cc3)nc(-c3cc(-c4ccccc4)c(-n4c5ccc(-c6ccccc6)cc5c5cc(-c6ccccc6)ccc54)c(-c4ccccc4)c3)n2)=CC(c2ccccc2)=CC1c1ccccc1. The largest absolute Gasteiger partial charge is 0.308 e. The summed E-state index contributed by atoms with van der Waals surface area (Å²) in [5, 5.41) is 2.36. The molecule has 0 spiro atoms. The molecule has 0 saturated carbocycles. The van der Waals surface area contributed by atoms with Crippen molar-refractivity contribution >= 4 is 33.0 Å². The van der Waals surface area contributed by atoms with E-state index in [0.29, 0.717) is 17.5 Å². The van der Waals surface area contributed by atoms with Crippen LogP contribution in [-0.4, -0.2) is 19.5 Å². The molecule has 4 heteroatoms. The zero-order valence-corrected chi connectivity index (χ0v) is 44.2. The van der Waals surface area contributed by atoms with Gasteiger partial charge in [0.2, 0.25) is 0 Å². The van der Waals surface area contributed by atoms with Crippen LogP contribution in [0, 0.1) is 5.92 Å². The van der Waals surface area contributed by atoms with Crippen LogP contribution in [0.1, 0.15) is 29.8 Å². The molecular weight excluding hydrogens is 969 g/mol. The van der Waals surface area contributed by atoms with E-state index in [1.807, 2.05) is 0 Å². The van der Waals surface area contributed by atoms with Crippen molar-refractivity contribution in [1.29, 1.82) is 0 Å². The van der Waals surface area contributed by atoms with Crippen LogP contribution in [0.3, 0.4) is 0 Å². The van der Waals surface area contributed by atoms with E-state index in [-0.39, 0.29) is 11.8 Å². The smallest absolute Gasteiger partial charge is 0.164 e. The molecule has 4 nitrogen and oxygen atoms in total. The van der Waals surface area contributed by atoms with Crippen molar-refractivity contribution < 1.29 is 0 Å². The number of allylic oxidation sites excluding steroid dienone is 4. The Morgan fingerprint density at radius 2 is 0.675 bits per heavy atom. The molecule has 1 aliphatic carbocycles. The summed E-state index contributed by atoms with van der Waals surface area (Å²) in [5.41, 5.74) is 21.0. The molecule has 0 saturated heterocycles. The average Bonchev–Trinajstić information content (AvgIpc) is 3.93. The van der Waals surface area contributed by atoms with E-state index in [1.54, 1.807) is 0 Å². The van der Waals surface area contributed by atoms with Crippen LogP contribution in [0.2, 0.25) is 0 Å². The van der Waals surface area contributed by atoms with Crippen molar-refractivity contribution in [3.8, 4) is 84.1 Å². The monoisotopic (exact) mass is 1020 g/mol. The van der Waals surface area contributed by atoms with E-state index in [1.165, 1.54) is 38.6 Å². The van der Waals surface area contributed by atoms with Crippen molar-refractivity contribution in [3.05, 3.63) is 314 Å². The van der Waals surface area contributed by atoms with Gasteiger partial charge in [0.1, 0.15) is 0 Å². The summed E-state index contributed by atoms with van der Waals surface area (Å²) < 4.78 is 2.50. The van der Waals surface area contributed by atoms with Gasteiger partial charge in [0.25, 0.3) is 0 Å². The summed E-state index contributed by atoms with van der Waals surface area (Å²) in [6, 6.07) is 102. The van der Waals surface area contributed by atoms with Crippen LogP contribution < -0.4 is 0 Å². The quantitative estimate of drug-likeness (QED) is 0.130. The lowest BCUT2D eigenvalue weighted by molar-refractivity contribution is 0.649. The molecule has 0 aliphatic heterocycles. The standard InChI is InChI=1S/C76H54N4/c1-51-65(57-31-17-6-18-32-57)47-63(55-29-15-5-16-30-55)48-66(51)76-78-74(60-39-37-56(38-40-60)52-23-9-2-10-24-52)77-75(79-76)64-49-67(58-33-19-7-20-34-58)73(68(50-64)59-35-21-8-22-36-59)80-71-43-41-61(53-25-11-3-12-26-53)45-69(71)70-46-62(42-44-72(70)80)54-27-13-4-14-28-54/h2-51,65H,1H3. The second-order valence-corrected chi connectivity index (χ2v) is 20.7. The topological polar surface area (TPSA) is 43.6 Å². The van der Waals surface area contributed by atoms with E-state index >= 15 is 0 Å². The second-order valence-electron chi connectivity index (χ2n) is 20.7. The molecule has 80 heavy (non-hydrogen) atoms. The van der Waals surface area contributed by atoms with Gasteiger partial charge in [-0.05, 0) is 110 Å². The number of benzene rings is 11. The number of rotatable bonds is 11. The van der Waals surface area contributed by atoms with Gasteiger partial charge in [0, 0.05) is 44.5 Å². The van der Waals surface area contributed by atoms with E-state index in [4.69, 9.17) is 15.0 Å². The van der Waals surface area contributed by atoms with Crippen molar-refractivity contribution in [1.82, 2.24) is 19.5 Å². The lowest BCUT2D eigenvalue weighted by Gasteiger charge is -2.29. The fraction of sp³-hybridized carbons (Fsp3) is 0.0395. The zero-order chi connectivity index (χ0) is 53.4. The van der Waals surface area contributed by atoms with Crippen LogP contribution >= 0.6 is 0 Å². The maximum atomic E-state index is 5.64. The first kappa shape index (κ1) is 48.1. The predicted octanol–water partition coefficient (Wildman–Crippen LogP) is 19.5. The van der Waals surface area contributed by atoms with E-state index < -0.39 is 0 Å². The van der Waals surface area contributed by atoms with Gasteiger partial charge in [0.05, 0.1) is 16.7 Å². The summed E-state index contributed by atoms with van der Waals surface area (Å²) in [5.74, 6) is 1.98. The minimum Gasteiger partial charge on any atom is -0.308 e. The maximum absolute atomic E-state index is 5.64. The van der Waals surface area contributed by atoms with Crippen molar-refractivity contribution in [2.24, 2.45) is 5.92 Å². The Morgan fingerprint density at radius 1 is 0.312 bits per heavy atom. The molecule has 0 amide bonds. The van der Waals surface area contributed by atoms with Gasteiger partial charge in [-0.15, -0.1) is 0 Å². The molecule has 2 atom stereocenters. The molecule has 2 heterocycles. The number of nitrogens with zero attached hydrogens (tertiary/aromatic N) is 4. The lowest BCUT2D eigenvalue weighted by Crippen LogP contribution is -2.16. The lowest BCUT2D eigenvalue weighted by atomic mass is 9.76. The number of aromatic nitrogens is 4.